The summed E-state index contributed by atoms with van der Waals surface area (Å²) in [6, 6.07) is 8.04. The zero-order valence-electron chi connectivity index (χ0n) is 19.1. The molecule has 0 aromatic heterocycles. The first kappa shape index (κ1) is 26.2. The predicted molar refractivity (Wildman–Crippen MR) is 115 cm³/mol. The summed E-state index contributed by atoms with van der Waals surface area (Å²) in [6.45, 7) is 6.82. The van der Waals surface area contributed by atoms with E-state index in [1.807, 2.05) is 30.3 Å². The zero-order valence-corrected chi connectivity index (χ0v) is 19.1. The highest BCUT2D eigenvalue weighted by molar-refractivity contribution is 5.83. The topological polar surface area (TPSA) is 55.8 Å². The second kappa shape index (κ2) is 12.2. The molecule has 1 aromatic rings. The molecule has 180 valence electrons. The standard InChI is InChI=1S/C21H26F3NO4.C3H8/c1-14-12-28-10-9-18(14)25(20(27)21(22,23)24)17-8-7-16(11-17)19(26)29-13-15-5-3-2-4-6-15;1-3-2/h2-6,14,16-18H,7-13H2,1H3;3H2,1-2H3/t14-,16+,17-,18+;/m1./s1. The van der Waals surface area contributed by atoms with Crippen LogP contribution in [0.15, 0.2) is 30.3 Å². The third-order valence-corrected chi connectivity index (χ3v) is 5.79. The molecule has 0 N–H and O–H groups in total. The zero-order chi connectivity index (χ0) is 23.7. The molecule has 1 saturated carbocycles. The Morgan fingerprint density at radius 3 is 2.38 bits per heavy atom. The third-order valence-electron chi connectivity index (χ3n) is 5.79. The van der Waals surface area contributed by atoms with Crippen LogP contribution in [0.25, 0.3) is 0 Å². The Balaban J connectivity index is 0.00000114. The minimum absolute atomic E-state index is 0.128. The Bertz CT molecular complexity index is 726. The van der Waals surface area contributed by atoms with E-state index in [0.717, 1.165) is 10.5 Å². The van der Waals surface area contributed by atoms with Crippen molar-refractivity contribution < 1.29 is 32.2 Å². The summed E-state index contributed by atoms with van der Waals surface area (Å²) in [7, 11) is 0. The molecular formula is C24H34F3NO4. The summed E-state index contributed by atoms with van der Waals surface area (Å²) >= 11 is 0. The molecule has 0 bridgehead atoms. The van der Waals surface area contributed by atoms with Gasteiger partial charge in [0.05, 0.1) is 12.5 Å². The first-order valence-electron chi connectivity index (χ1n) is 11.4. The Morgan fingerprint density at radius 2 is 1.78 bits per heavy atom. The van der Waals surface area contributed by atoms with Crippen molar-refractivity contribution in [3.63, 3.8) is 0 Å². The van der Waals surface area contributed by atoms with Gasteiger partial charge in [0.25, 0.3) is 0 Å². The van der Waals surface area contributed by atoms with Gasteiger partial charge in [-0.05, 0) is 31.2 Å². The fourth-order valence-electron chi connectivity index (χ4n) is 4.29. The number of rotatable bonds is 5. The lowest BCUT2D eigenvalue weighted by Crippen LogP contribution is -2.55. The van der Waals surface area contributed by atoms with Crippen molar-refractivity contribution in [2.45, 2.75) is 77.7 Å². The van der Waals surface area contributed by atoms with Gasteiger partial charge in [0.15, 0.2) is 0 Å². The number of carbonyl (C=O) groups excluding carboxylic acids is 2. The van der Waals surface area contributed by atoms with Crippen LogP contribution in [-0.2, 0) is 25.7 Å². The molecule has 1 heterocycles. The monoisotopic (exact) mass is 457 g/mol. The second-order valence-electron chi connectivity index (χ2n) is 8.58. The molecule has 1 aliphatic heterocycles. The molecule has 1 aromatic carbocycles. The largest absolute Gasteiger partial charge is 0.471 e. The summed E-state index contributed by atoms with van der Waals surface area (Å²) in [5.74, 6) is -2.93. The summed E-state index contributed by atoms with van der Waals surface area (Å²) in [5, 5.41) is 0. The van der Waals surface area contributed by atoms with E-state index in [0.29, 0.717) is 32.5 Å². The molecule has 0 spiro atoms. The quantitative estimate of drug-likeness (QED) is 0.575. The van der Waals surface area contributed by atoms with E-state index >= 15 is 0 Å². The van der Waals surface area contributed by atoms with Crippen molar-refractivity contribution in [1.82, 2.24) is 4.90 Å². The Morgan fingerprint density at radius 1 is 1.12 bits per heavy atom. The van der Waals surface area contributed by atoms with E-state index in [1.54, 1.807) is 6.92 Å². The number of esters is 1. The van der Waals surface area contributed by atoms with Crippen LogP contribution in [0.1, 0.15) is 58.4 Å². The van der Waals surface area contributed by atoms with Gasteiger partial charge in [0.2, 0.25) is 0 Å². The number of carbonyl (C=O) groups is 2. The van der Waals surface area contributed by atoms with Gasteiger partial charge >= 0.3 is 18.1 Å². The summed E-state index contributed by atoms with van der Waals surface area (Å²) in [5.41, 5.74) is 0.848. The Kier molecular flexibility index (Phi) is 10.0. The summed E-state index contributed by atoms with van der Waals surface area (Å²) in [4.78, 5) is 25.6. The van der Waals surface area contributed by atoms with Crippen LogP contribution in [0.3, 0.4) is 0 Å². The van der Waals surface area contributed by atoms with E-state index in [-0.39, 0.29) is 18.9 Å². The maximum absolute atomic E-state index is 13.3. The molecule has 3 rings (SSSR count). The molecule has 2 fully saturated rings. The highest BCUT2D eigenvalue weighted by Crippen LogP contribution is 2.37. The lowest BCUT2D eigenvalue weighted by Gasteiger charge is -2.42. The highest BCUT2D eigenvalue weighted by Gasteiger charge is 2.50. The lowest BCUT2D eigenvalue weighted by molar-refractivity contribution is -0.194. The number of nitrogens with zero attached hydrogens (tertiary/aromatic N) is 1. The van der Waals surface area contributed by atoms with Crippen molar-refractivity contribution in [2.75, 3.05) is 13.2 Å². The third kappa shape index (κ3) is 7.22. The van der Waals surface area contributed by atoms with Crippen molar-refractivity contribution in [3.8, 4) is 0 Å². The first-order valence-corrected chi connectivity index (χ1v) is 11.4. The average Bonchev–Trinajstić information content (AvgIpc) is 3.24. The maximum Gasteiger partial charge on any atom is 0.471 e. The van der Waals surface area contributed by atoms with E-state index in [2.05, 4.69) is 13.8 Å². The molecule has 8 heteroatoms. The molecular weight excluding hydrogens is 423 g/mol. The summed E-state index contributed by atoms with van der Waals surface area (Å²) < 4.78 is 50.5. The first-order chi connectivity index (χ1) is 15.2. The second-order valence-corrected chi connectivity index (χ2v) is 8.58. The van der Waals surface area contributed by atoms with Gasteiger partial charge in [0.1, 0.15) is 6.61 Å². The maximum atomic E-state index is 13.3. The number of hydrogen-bond acceptors (Lipinski definition) is 4. The van der Waals surface area contributed by atoms with Crippen molar-refractivity contribution in [3.05, 3.63) is 35.9 Å². The Labute approximate surface area is 188 Å². The van der Waals surface area contributed by atoms with Crippen LogP contribution >= 0.6 is 0 Å². The number of benzene rings is 1. The van der Waals surface area contributed by atoms with E-state index < -0.39 is 36.1 Å². The minimum Gasteiger partial charge on any atom is -0.461 e. The van der Waals surface area contributed by atoms with Gasteiger partial charge in [-0.1, -0.05) is 57.5 Å². The summed E-state index contributed by atoms with van der Waals surface area (Å²) in [6.07, 6.45) is -2.36. The number of alkyl halides is 3. The fourth-order valence-corrected chi connectivity index (χ4v) is 4.29. The number of hydrogen-bond donors (Lipinski definition) is 0. The lowest BCUT2D eigenvalue weighted by atomic mass is 9.93. The van der Waals surface area contributed by atoms with Crippen LogP contribution in [0.4, 0.5) is 13.2 Å². The SMILES string of the molecule is CCC.C[C@@H]1COCC[C@@H]1N(C(=O)C(F)(F)F)[C@@H]1CC[C@H](C(=O)OCc2ccccc2)C1. The van der Waals surface area contributed by atoms with Gasteiger partial charge < -0.3 is 14.4 Å². The van der Waals surface area contributed by atoms with Crippen LogP contribution in [0, 0.1) is 11.8 Å². The predicted octanol–water partition coefficient (Wildman–Crippen LogP) is 5.13. The molecule has 1 amide bonds. The van der Waals surface area contributed by atoms with Crippen molar-refractivity contribution in [1.29, 1.82) is 0 Å². The van der Waals surface area contributed by atoms with Gasteiger partial charge in [-0.15, -0.1) is 0 Å². The molecule has 4 atom stereocenters. The van der Waals surface area contributed by atoms with Crippen molar-refractivity contribution in [2.24, 2.45) is 11.8 Å². The van der Waals surface area contributed by atoms with Crippen LogP contribution < -0.4 is 0 Å². The average molecular weight is 458 g/mol. The van der Waals surface area contributed by atoms with Crippen LogP contribution in [-0.4, -0.2) is 48.3 Å². The molecule has 2 aliphatic rings. The highest BCUT2D eigenvalue weighted by atomic mass is 19.4. The number of halogens is 3. The number of ether oxygens (including phenoxy) is 2. The number of amides is 1. The van der Waals surface area contributed by atoms with E-state index in [4.69, 9.17) is 9.47 Å². The molecule has 0 unspecified atom stereocenters. The Hall–Kier alpha value is -2.09. The molecule has 0 radical (unpaired) electrons. The minimum atomic E-state index is -4.94. The smallest absolute Gasteiger partial charge is 0.461 e. The molecule has 1 saturated heterocycles. The van der Waals surface area contributed by atoms with Crippen molar-refractivity contribution >= 4 is 11.9 Å². The van der Waals surface area contributed by atoms with E-state index in [1.165, 1.54) is 6.42 Å². The van der Waals surface area contributed by atoms with E-state index in [9.17, 15) is 22.8 Å². The van der Waals surface area contributed by atoms with Gasteiger partial charge in [-0.3, -0.25) is 9.59 Å². The molecule has 1 aliphatic carbocycles. The molecule has 5 nitrogen and oxygen atoms in total. The fraction of sp³-hybridized carbons (Fsp3) is 0.667. The van der Waals surface area contributed by atoms with Crippen LogP contribution in [0.2, 0.25) is 0 Å². The molecule has 32 heavy (non-hydrogen) atoms. The normalized spacial score (nSPS) is 25.4. The van der Waals surface area contributed by atoms with Gasteiger partial charge in [0, 0.05) is 24.6 Å². The van der Waals surface area contributed by atoms with Gasteiger partial charge in [-0.2, -0.15) is 13.2 Å². The van der Waals surface area contributed by atoms with Gasteiger partial charge in [-0.25, -0.2) is 0 Å². The van der Waals surface area contributed by atoms with Crippen LogP contribution in [0.5, 0.6) is 0 Å².